The molecule has 2 saturated heterocycles. The van der Waals surface area contributed by atoms with Crippen molar-refractivity contribution in [1.82, 2.24) is 9.80 Å². The second kappa shape index (κ2) is 5.35. The summed E-state index contributed by atoms with van der Waals surface area (Å²) in [6, 6.07) is 2.05. The predicted octanol–water partition coefficient (Wildman–Crippen LogP) is 1.02. The highest BCUT2D eigenvalue weighted by Crippen LogP contribution is 2.21. The standard InChI is InChI=1S/C14H20N2O3/c17-13-7-12(19-10-14(13)18)9-15-6-3-11(8-15)16-4-1-2-5-16/h7,10-11,18H,1-6,8-9H2. The molecule has 1 unspecified atom stereocenters. The third-order valence-corrected chi connectivity index (χ3v) is 4.15. The summed E-state index contributed by atoms with van der Waals surface area (Å²) < 4.78 is 5.26. The van der Waals surface area contributed by atoms with Crippen molar-refractivity contribution >= 4 is 0 Å². The largest absolute Gasteiger partial charge is 0.502 e. The zero-order valence-electron chi connectivity index (χ0n) is 11.0. The summed E-state index contributed by atoms with van der Waals surface area (Å²) >= 11 is 0. The van der Waals surface area contributed by atoms with Gasteiger partial charge in [0.05, 0.1) is 6.54 Å². The second-order valence-corrected chi connectivity index (χ2v) is 5.52. The van der Waals surface area contributed by atoms with Gasteiger partial charge in [0.15, 0.2) is 5.75 Å². The molecule has 104 valence electrons. The van der Waals surface area contributed by atoms with Crippen LogP contribution in [0.2, 0.25) is 0 Å². The molecule has 0 bridgehead atoms. The van der Waals surface area contributed by atoms with Crippen LogP contribution >= 0.6 is 0 Å². The monoisotopic (exact) mass is 264 g/mol. The van der Waals surface area contributed by atoms with E-state index in [1.165, 1.54) is 38.4 Å². The van der Waals surface area contributed by atoms with E-state index in [4.69, 9.17) is 9.52 Å². The maximum absolute atomic E-state index is 11.4. The van der Waals surface area contributed by atoms with E-state index in [2.05, 4.69) is 9.80 Å². The first-order chi connectivity index (χ1) is 9.22. The molecule has 0 spiro atoms. The molecule has 5 heteroatoms. The van der Waals surface area contributed by atoms with Crippen LogP contribution < -0.4 is 5.43 Å². The normalized spacial score (nSPS) is 25.2. The van der Waals surface area contributed by atoms with Gasteiger partial charge in [-0.15, -0.1) is 0 Å². The van der Waals surface area contributed by atoms with Crippen LogP contribution in [0.5, 0.6) is 5.75 Å². The molecule has 1 N–H and O–H groups in total. The Morgan fingerprint density at radius 3 is 2.84 bits per heavy atom. The fraction of sp³-hybridized carbons (Fsp3) is 0.643. The molecule has 0 aliphatic carbocycles. The smallest absolute Gasteiger partial charge is 0.226 e. The molecule has 5 nitrogen and oxygen atoms in total. The Morgan fingerprint density at radius 2 is 2.11 bits per heavy atom. The van der Waals surface area contributed by atoms with Gasteiger partial charge in [-0.3, -0.25) is 14.6 Å². The van der Waals surface area contributed by atoms with Crippen molar-refractivity contribution in [2.75, 3.05) is 26.2 Å². The molecule has 2 aliphatic heterocycles. The van der Waals surface area contributed by atoms with E-state index in [0.29, 0.717) is 18.3 Å². The number of nitrogens with zero attached hydrogens (tertiary/aromatic N) is 2. The van der Waals surface area contributed by atoms with Crippen molar-refractivity contribution in [3.05, 3.63) is 28.3 Å². The molecule has 2 fully saturated rings. The van der Waals surface area contributed by atoms with Crippen LogP contribution in [0.4, 0.5) is 0 Å². The van der Waals surface area contributed by atoms with E-state index in [1.807, 2.05) is 0 Å². The van der Waals surface area contributed by atoms with Crippen LogP contribution in [0.3, 0.4) is 0 Å². The SMILES string of the molecule is O=c1cc(CN2CCC(N3CCCC3)C2)occ1O. The predicted molar refractivity (Wildman–Crippen MR) is 71.1 cm³/mol. The fourth-order valence-corrected chi connectivity index (χ4v) is 3.11. The maximum atomic E-state index is 11.4. The molecule has 2 aliphatic rings. The van der Waals surface area contributed by atoms with E-state index in [-0.39, 0.29) is 11.2 Å². The average Bonchev–Trinajstić information content (AvgIpc) is 3.04. The number of likely N-dealkylation sites (tertiary alicyclic amines) is 2. The van der Waals surface area contributed by atoms with Gasteiger partial charge in [0, 0.05) is 25.2 Å². The van der Waals surface area contributed by atoms with E-state index in [9.17, 15) is 4.79 Å². The van der Waals surface area contributed by atoms with Gasteiger partial charge in [-0.1, -0.05) is 0 Å². The molecule has 19 heavy (non-hydrogen) atoms. The van der Waals surface area contributed by atoms with E-state index < -0.39 is 0 Å². The minimum atomic E-state index is -0.364. The quantitative estimate of drug-likeness (QED) is 0.883. The molecule has 3 heterocycles. The summed E-state index contributed by atoms with van der Waals surface area (Å²) in [4.78, 5) is 16.2. The van der Waals surface area contributed by atoms with E-state index >= 15 is 0 Å². The molecule has 0 radical (unpaired) electrons. The number of rotatable bonds is 3. The Balaban J connectivity index is 1.59. The van der Waals surface area contributed by atoms with Gasteiger partial charge in [-0.2, -0.15) is 0 Å². The molecule has 0 aromatic carbocycles. The van der Waals surface area contributed by atoms with Crippen LogP contribution in [-0.4, -0.2) is 47.1 Å². The molecule has 1 aromatic heterocycles. The van der Waals surface area contributed by atoms with Gasteiger partial charge in [0.1, 0.15) is 12.0 Å². The van der Waals surface area contributed by atoms with Crippen LogP contribution in [0.1, 0.15) is 25.0 Å². The first-order valence-electron chi connectivity index (χ1n) is 6.99. The van der Waals surface area contributed by atoms with Gasteiger partial charge < -0.3 is 9.52 Å². The lowest BCUT2D eigenvalue weighted by atomic mass is 10.2. The van der Waals surface area contributed by atoms with Crippen molar-refractivity contribution in [1.29, 1.82) is 0 Å². The Labute approximate surface area is 112 Å². The molecule has 1 aromatic rings. The number of hydrogen-bond donors (Lipinski definition) is 1. The average molecular weight is 264 g/mol. The highest BCUT2D eigenvalue weighted by atomic mass is 16.4. The molecule has 1 atom stereocenters. The van der Waals surface area contributed by atoms with Gasteiger partial charge >= 0.3 is 0 Å². The summed E-state index contributed by atoms with van der Waals surface area (Å²) in [5.41, 5.74) is -0.364. The Morgan fingerprint density at radius 1 is 1.32 bits per heavy atom. The van der Waals surface area contributed by atoms with Crippen LogP contribution in [0, 0.1) is 0 Å². The van der Waals surface area contributed by atoms with Gasteiger partial charge in [0.25, 0.3) is 0 Å². The lowest BCUT2D eigenvalue weighted by Gasteiger charge is -2.23. The molecular formula is C14H20N2O3. The minimum absolute atomic E-state index is 0.319. The van der Waals surface area contributed by atoms with Crippen molar-refractivity contribution in [3.8, 4) is 5.75 Å². The van der Waals surface area contributed by atoms with Crippen LogP contribution in [-0.2, 0) is 6.54 Å². The Hall–Kier alpha value is -1.33. The van der Waals surface area contributed by atoms with Crippen molar-refractivity contribution < 1.29 is 9.52 Å². The number of hydrogen-bond acceptors (Lipinski definition) is 5. The van der Waals surface area contributed by atoms with Gasteiger partial charge in [-0.05, 0) is 32.4 Å². The van der Waals surface area contributed by atoms with E-state index in [1.54, 1.807) is 0 Å². The van der Waals surface area contributed by atoms with Crippen LogP contribution in [0.15, 0.2) is 21.5 Å². The molecule has 3 rings (SSSR count). The highest BCUT2D eigenvalue weighted by molar-refractivity contribution is 5.15. The van der Waals surface area contributed by atoms with Crippen molar-refractivity contribution in [2.45, 2.75) is 31.8 Å². The zero-order chi connectivity index (χ0) is 13.2. The summed E-state index contributed by atoms with van der Waals surface area (Å²) in [5.74, 6) is 0.310. The fourth-order valence-electron chi connectivity index (χ4n) is 3.11. The summed E-state index contributed by atoms with van der Waals surface area (Å²) in [5, 5.41) is 9.16. The third kappa shape index (κ3) is 2.82. The zero-order valence-corrected chi connectivity index (χ0v) is 11.0. The van der Waals surface area contributed by atoms with Gasteiger partial charge in [0.2, 0.25) is 5.43 Å². The highest BCUT2D eigenvalue weighted by Gasteiger charge is 2.29. The summed E-state index contributed by atoms with van der Waals surface area (Å²) in [6.45, 7) is 5.20. The van der Waals surface area contributed by atoms with E-state index in [0.717, 1.165) is 19.4 Å². The topological polar surface area (TPSA) is 56.9 Å². The van der Waals surface area contributed by atoms with Gasteiger partial charge in [-0.25, -0.2) is 0 Å². The summed E-state index contributed by atoms with van der Waals surface area (Å²) in [7, 11) is 0. The second-order valence-electron chi connectivity index (χ2n) is 5.52. The molecule has 0 saturated carbocycles. The molecular weight excluding hydrogens is 244 g/mol. The van der Waals surface area contributed by atoms with Crippen LogP contribution in [0.25, 0.3) is 0 Å². The number of aromatic hydroxyl groups is 1. The minimum Gasteiger partial charge on any atom is -0.502 e. The Kier molecular flexibility index (Phi) is 3.57. The summed E-state index contributed by atoms with van der Waals surface area (Å²) in [6.07, 6.45) is 4.97. The van der Waals surface area contributed by atoms with Crippen molar-refractivity contribution in [2.24, 2.45) is 0 Å². The first kappa shape index (κ1) is 12.7. The first-order valence-corrected chi connectivity index (χ1v) is 6.99. The van der Waals surface area contributed by atoms with Crippen molar-refractivity contribution in [3.63, 3.8) is 0 Å². The lowest BCUT2D eigenvalue weighted by molar-refractivity contribution is 0.222. The Bertz CT molecular complexity index is 494. The maximum Gasteiger partial charge on any atom is 0.226 e. The lowest BCUT2D eigenvalue weighted by Crippen LogP contribution is -2.35. The molecule has 0 amide bonds. The third-order valence-electron chi connectivity index (χ3n) is 4.15.